The van der Waals surface area contributed by atoms with Gasteiger partial charge in [0.25, 0.3) is 5.91 Å². The van der Waals surface area contributed by atoms with E-state index in [2.05, 4.69) is 17.2 Å². The summed E-state index contributed by atoms with van der Waals surface area (Å²) >= 11 is 0. The molecule has 2 aromatic rings. The van der Waals surface area contributed by atoms with Crippen molar-refractivity contribution in [3.63, 3.8) is 0 Å². The van der Waals surface area contributed by atoms with Crippen molar-refractivity contribution < 1.29 is 4.79 Å². The first-order chi connectivity index (χ1) is 9.16. The van der Waals surface area contributed by atoms with E-state index in [-0.39, 0.29) is 5.91 Å². The maximum atomic E-state index is 11.9. The fraction of sp³-hybridized carbons (Fsp3) is 0.250. The van der Waals surface area contributed by atoms with Crippen molar-refractivity contribution in [1.29, 1.82) is 0 Å². The van der Waals surface area contributed by atoms with Crippen LogP contribution in [0.2, 0.25) is 0 Å². The molecule has 0 aliphatic heterocycles. The van der Waals surface area contributed by atoms with E-state index in [0.29, 0.717) is 6.42 Å². The van der Waals surface area contributed by atoms with Gasteiger partial charge in [0.15, 0.2) is 0 Å². The predicted octanol–water partition coefficient (Wildman–Crippen LogP) is 3.33. The number of aryl methyl sites for hydroxylation is 2. The lowest BCUT2D eigenvalue weighted by molar-refractivity contribution is 0.0898. The average molecular weight is 254 g/mol. The van der Waals surface area contributed by atoms with E-state index in [1.165, 1.54) is 10.2 Å². The molecule has 0 N–H and O–H groups in total. The molecule has 0 aliphatic rings. The zero-order valence-corrected chi connectivity index (χ0v) is 11.3. The van der Waals surface area contributed by atoms with Crippen molar-refractivity contribution in [2.75, 3.05) is 0 Å². The predicted molar refractivity (Wildman–Crippen MR) is 76.2 cm³/mol. The van der Waals surface area contributed by atoms with Crippen LogP contribution in [0.3, 0.4) is 0 Å². The number of allylic oxidation sites excluding steroid dienone is 2. The first kappa shape index (κ1) is 13.3. The van der Waals surface area contributed by atoms with E-state index in [1.807, 2.05) is 50.3 Å². The minimum absolute atomic E-state index is 0.00918. The van der Waals surface area contributed by atoms with Crippen molar-refractivity contribution in [3.8, 4) is 0 Å². The molecule has 0 saturated heterocycles. The standard InChI is InChI=1S/C16H18N2O/c1-13-12-14(2)18(17-13)16(19)11-7-6-10-15-8-4-3-5-9-15/h3-9,12H,10-11H2,1-2H3/b7-6+. The molecule has 0 fully saturated rings. The number of carbonyl (C=O) groups excluding carboxylic acids is 1. The Kier molecular flexibility index (Phi) is 4.29. The summed E-state index contributed by atoms with van der Waals surface area (Å²) in [5.74, 6) is 0.00918. The normalized spacial score (nSPS) is 11.1. The summed E-state index contributed by atoms with van der Waals surface area (Å²) in [6, 6.07) is 12.1. The summed E-state index contributed by atoms with van der Waals surface area (Å²) in [5.41, 5.74) is 3.01. The molecule has 0 saturated carbocycles. The van der Waals surface area contributed by atoms with Gasteiger partial charge in [-0.1, -0.05) is 42.5 Å². The van der Waals surface area contributed by atoms with Crippen LogP contribution in [0.5, 0.6) is 0 Å². The molecule has 1 aromatic heterocycles. The quantitative estimate of drug-likeness (QED) is 0.784. The molecule has 0 aliphatic carbocycles. The van der Waals surface area contributed by atoms with Crippen LogP contribution >= 0.6 is 0 Å². The van der Waals surface area contributed by atoms with Gasteiger partial charge in [0, 0.05) is 12.1 Å². The SMILES string of the molecule is Cc1cc(C)n(C(=O)C/C=C/Cc2ccccc2)n1. The Hall–Kier alpha value is -2.16. The lowest BCUT2D eigenvalue weighted by Crippen LogP contribution is -2.12. The Morgan fingerprint density at radius 2 is 1.95 bits per heavy atom. The Balaban J connectivity index is 1.89. The van der Waals surface area contributed by atoms with E-state index in [0.717, 1.165) is 17.8 Å². The highest BCUT2D eigenvalue weighted by Gasteiger charge is 2.07. The Morgan fingerprint density at radius 1 is 1.21 bits per heavy atom. The zero-order chi connectivity index (χ0) is 13.7. The second kappa shape index (κ2) is 6.14. The Labute approximate surface area is 113 Å². The van der Waals surface area contributed by atoms with Crippen LogP contribution in [0, 0.1) is 13.8 Å². The third-order valence-corrected chi connectivity index (χ3v) is 2.90. The molecule has 3 heteroatoms. The topological polar surface area (TPSA) is 34.9 Å². The summed E-state index contributed by atoms with van der Waals surface area (Å²) in [5, 5.41) is 4.18. The number of benzene rings is 1. The highest BCUT2D eigenvalue weighted by Crippen LogP contribution is 2.04. The smallest absolute Gasteiger partial charge is 0.250 e. The second-order valence-electron chi connectivity index (χ2n) is 4.60. The number of carbonyl (C=O) groups is 1. The highest BCUT2D eigenvalue weighted by atomic mass is 16.2. The monoisotopic (exact) mass is 254 g/mol. The Morgan fingerprint density at radius 3 is 2.58 bits per heavy atom. The van der Waals surface area contributed by atoms with Gasteiger partial charge in [-0.25, -0.2) is 4.68 Å². The first-order valence-electron chi connectivity index (χ1n) is 6.42. The van der Waals surface area contributed by atoms with Crippen molar-refractivity contribution >= 4 is 5.91 Å². The van der Waals surface area contributed by atoms with Crippen molar-refractivity contribution in [3.05, 3.63) is 65.5 Å². The summed E-state index contributed by atoms with van der Waals surface area (Å²) < 4.78 is 1.47. The second-order valence-corrected chi connectivity index (χ2v) is 4.60. The van der Waals surface area contributed by atoms with Crippen LogP contribution in [-0.4, -0.2) is 15.7 Å². The van der Waals surface area contributed by atoms with Gasteiger partial charge in [0.2, 0.25) is 0 Å². The number of hydrogen-bond donors (Lipinski definition) is 0. The van der Waals surface area contributed by atoms with Crippen LogP contribution < -0.4 is 0 Å². The van der Waals surface area contributed by atoms with E-state index < -0.39 is 0 Å². The Bertz CT molecular complexity index is 582. The van der Waals surface area contributed by atoms with Crippen LogP contribution in [0.25, 0.3) is 0 Å². The lowest BCUT2D eigenvalue weighted by Gasteiger charge is -1.99. The molecule has 1 heterocycles. The van der Waals surface area contributed by atoms with Crippen LogP contribution in [0.15, 0.2) is 48.6 Å². The molecular formula is C16H18N2O. The zero-order valence-electron chi connectivity index (χ0n) is 11.3. The summed E-state index contributed by atoms with van der Waals surface area (Å²) in [4.78, 5) is 11.9. The molecular weight excluding hydrogens is 236 g/mol. The van der Waals surface area contributed by atoms with E-state index >= 15 is 0 Å². The van der Waals surface area contributed by atoms with Gasteiger partial charge < -0.3 is 0 Å². The number of aromatic nitrogens is 2. The number of nitrogens with zero attached hydrogens (tertiary/aromatic N) is 2. The van der Waals surface area contributed by atoms with Gasteiger partial charge in [-0.05, 0) is 31.9 Å². The number of hydrogen-bond acceptors (Lipinski definition) is 2. The highest BCUT2D eigenvalue weighted by molar-refractivity contribution is 5.80. The molecule has 0 amide bonds. The van der Waals surface area contributed by atoms with Crippen LogP contribution in [0.1, 0.15) is 28.2 Å². The minimum Gasteiger partial charge on any atom is -0.272 e. The van der Waals surface area contributed by atoms with E-state index in [4.69, 9.17) is 0 Å². The molecule has 19 heavy (non-hydrogen) atoms. The van der Waals surface area contributed by atoms with Crippen molar-refractivity contribution in [2.45, 2.75) is 26.7 Å². The van der Waals surface area contributed by atoms with Gasteiger partial charge in [0.05, 0.1) is 5.69 Å². The maximum Gasteiger partial charge on any atom is 0.250 e. The van der Waals surface area contributed by atoms with Crippen LogP contribution in [0.4, 0.5) is 0 Å². The fourth-order valence-corrected chi connectivity index (χ4v) is 1.99. The van der Waals surface area contributed by atoms with Crippen molar-refractivity contribution in [1.82, 2.24) is 9.78 Å². The third-order valence-electron chi connectivity index (χ3n) is 2.90. The number of rotatable bonds is 4. The van der Waals surface area contributed by atoms with Gasteiger partial charge in [0.1, 0.15) is 0 Å². The molecule has 3 nitrogen and oxygen atoms in total. The first-order valence-corrected chi connectivity index (χ1v) is 6.42. The molecule has 0 bridgehead atoms. The molecule has 0 unspecified atom stereocenters. The fourth-order valence-electron chi connectivity index (χ4n) is 1.99. The molecule has 2 rings (SSSR count). The molecule has 0 radical (unpaired) electrons. The maximum absolute atomic E-state index is 11.9. The van der Waals surface area contributed by atoms with Gasteiger partial charge in [-0.2, -0.15) is 5.10 Å². The summed E-state index contributed by atoms with van der Waals surface area (Å²) in [7, 11) is 0. The molecule has 1 aromatic carbocycles. The van der Waals surface area contributed by atoms with Crippen molar-refractivity contribution in [2.24, 2.45) is 0 Å². The van der Waals surface area contributed by atoms with Gasteiger partial charge in [-0.15, -0.1) is 0 Å². The average Bonchev–Trinajstić information content (AvgIpc) is 2.75. The summed E-state index contributed by atoms with van der Waals surface area (Å²) in [6.45, 7) is 3.79. The largest absolute Gasteiger partial charge is 0.272 e. The molecule has 98 valence electrons. The molecule has 0 spiro atoms. The van der Waals surface area contributed by atoms with E-state index in [1.54, 1.807) is 0 Å². The third kappa shape index (κ3) is 3.65. The molecule has 0 atom stereocenters. The minimum atomic E-state index is 0.00918. The van der Waals surface area contributed by atoms with Gasteiger partial charge in [-0.3, -0.25) is 4.79 Å². The van der Waals surface area contributed by atoms with Crippen LogP contribution in [-0.2, 0) is 6.42 Å². The van der Waals surface area contributed by atoms with E-state index in [9.17, 15) is 4.79 Å². The summed E-state index contributed by atoms with van der Waals surface area (Å²) in [6.07, 6.45) is 5.17. The lowest BCUT2D eigenvalue weighted by atomic mass is 10.1. The van der Waals surface area contributed by atoms with Gasteiger partial charge >= 0.3 is 0 Å².